The van der Waals surface area contributed by atoms with Crippen LogP contribution >= 0.6 is 0 Å². The lowest BCUT2D eigenvalue weighted by Crippen LogP contribution is -2.48. The maximum atomic E-state index is 10.7. The lowest BCUT2D eigenvalue weighted by Gasteiger charge is -2.44. The van der Waals surface area contributed by atoms with Crippen LogP contribution in [-0.4, -0.2) is 45.1 Å². The monoisotopic (exact) mass is 436 g/mol. The summed E-state index contributed by atoms with van der Waals surface area (Å²) in [6.07, 6.45) is 12.6. The molecule has 5 heteroatoms. The standard InChI is InChI=1S/C25H44O4Si/c1-17-11-12-18-9-8-10-22(26)24(18)21(17)14-13-19-15-20(16-23(27-5)28-19)29-30(6,7)25(2,3)4/h9,11-12,17,19-24,26H,8,10,13-16H2,1-7H3/t17-,19+,20+,21-,22-,23-,24-/m0/s1. The van der Waals surface area contributed by atoms with E-state index in [0.29, 0.717) is 11.8 Å². The molecule has 2 aliphatic carbocycles. The molecule has 1 saturated heterocycles. The molecule has 3 rings (SSSR count). The van der Waals surface area contributed by atoms with Crippen molar-refractivity contribution in [3.8, 4) is 0 Å². The Morgan fingerprint density at radius 2 is 1.93 bits per heavy atom. The fraction of sp³-hybridized carbons (Fsp3) is 0.840. The van der Waals surface area contributed by atoms with Crippen LogP contribution in [0.1, 0.15) is 66.2 Å². The second-order valence-corrected chi connectivity index (χ2v) is 16.0. The van der Waals surface area contributed by atoms with E-state index < -0.39 is 8.32 Å². The number of methoxy groups -OCH3 is 1. The third kappa shape index (κ3) is 5.47. The molecule has 1 N–H and O–H groups in total. The van der Waals surface area contributed by atoms with E-state index in [9.17, 15) is 5.11 Å². The van der Waals surface area contributed by atoms with Crippen LogP contribution in [0, 0.1) is 17.8 Å². The van der Waals surface area contributed by atoms with Gasteiger partial charge in [0.15, 0.2) is 14.6 Å². The van der Waals surface area contributed by atoms with Crippen molar-refractivity contribution in [3.63, 3.8) is 0 Å². The van der Waals surface area contributed by atoms with E-state index in [1.165, 1.54) is 5.57 Å². The maximum Gasteiger partial charge on any atom is 0.192 e. The number of fused-ring (bicyclic) bond motifs is 1. The van der Waals surface area contributed by atoms with Gasteiger partial charge >= 0.3 is 0 Å². The minimum absolute atomic E-state index is 0.157. The highest BCUT2D eigenvalue weighted by molar-refractivity contribution is 6.74. The van der Waals surface area contributed by atoms with Crippen LogP contribution in [0.25, 0.3) is 0 Å². The molecule has 1 fully saturated rings. The highest BCUT2D eigenvalue weighted by atomic mass is 28.4. The van der Waals surface area contributed by atoms with Gasteiger partial charge in [-0.05, 0) is 67.6 Å². The topological polar surface area (TPSA) is 47.9 Å². The molecular weight excluding hydrogens is 392 g/mol. The molecule has 1 heterocycles. The molecular formula is C25H44O4Si. The molecule has 0 aromatic carbocycles. The van der Waals surface area contributed by atoms with Crippen molar-refractivity contribution in [2.75, 3.05) is 7.11 Å². The fourth-order valence-electron chi connectivity index (χ4n) is 5.18. The van der Waals surface area contributed by atoms with Crippen molar-refractivity contribution in [1.82, 2.24) is 0 Å². The highest BCUT2D eigenvalue weighted by Gasteiger charge is 2.42. The SMILES string of the molecule is CO[C@@H]1C[C@H](O[Si](C)(C)C(C)(C)C)C[C@@H](CC[C@@H]2[C@@H]3C(=CCC[C@@H]3O)C=C[C@@H]2C)O1. The molecule has 0 amide bonds. The van der Waals surface area contributed by atoms with Gasteiger partial charge in [0.05, 0.1) is 18.3 Å². The largest absolute Gasteiger partial charge is 0.414 e. The van der Waals surface area contributed by atoms with Gasteiger partial charge < -0.3 is 19.0 Å². The highest BCUT2D eigenvalue weighted by Crippen LogP contribution is 2.44. The van der Waals surface area contributed by atoms with Crippen molar-refractivity contribution in [2.45, 2.75) is 109 Å². The summed E-state index contributed by atoms with van der Waals surface area (Å²) in [5.41, 5.74) is 1.34. The molecule has 1 aliphatic heterocycles. The minimum Gasteiger partial charge on any atom is -0.414 e. The van der Waals surface area contributed by atoms with Crippen molar-refractivity contribution in [3.05, 3.63) is 23.8 Å². The van der Waals surface area contributed by atoms with Crippen LogP contribution in [0.5, 0.6) is 0 Å². The number of hydrogen-bond acceptors (Lipinski definition) is 4. The van der Waals surface area contributed by atoms with E-state index in [-0.39, 0.29) is 35.6 Å². The van der Waals surface area contributed by atoms with Crippen molar-refractivity contribution in [2.24, 2.45) is 17.8 Å². The Bertz CT molecular complexity index is 636. The summed E-state index contributed by atoms with van der Waals surface area (Å²) in [6.45, 7) is 13.8. The Morgan fingerprint density at radius 3 is 2.60 bits per heavy atom. The fourth-order valence-corrected chi connectivity index (χ4v) is 6.56. The Hall–Kier alpha value is -0.463. The van der Waals surface area contributed by atoms with E-state index in [1.807, 2.05) is 0 Å². The molecule has 0 unspecified atom stereocenters. The predicted octanol–water partition coefficient (Wildman–Crippen LogP) is 5.83. The smallest absolute Gasteiger partial charge is 0.192 e. The number of rotatable bonds is 6. The molecule has 7 atom stereocenters. The first-order valence-electron chi connectivity index (χ1n) is 11.9. The van der Waals surface area contributed by atoms with Crippen molar-refractivity contribution >= 4 is 8.32 Å². The summed E-state index contributed by atoms with van der Waals surface area (Å²) in [4.78, 5) is 0. The normalized spacial score (nSPS) is 37.6. The Morgan fingerprint density at radius 1 is 1.20 bits per heavy atom. The van der Waals surface area contributed by atoms with Crippen molar-refractivity contribution in [1.29, 1.82) is 0 Å². The van der Waals surface area contributed by atoms with Gasteiger partial charge in [0.2, 0.25) is 0 Å². The zero-order chi connectivity index (χ0) is 22.1. The summed E-state index contributed by atoms with van der Waals surface area (Å²) >= 11 is 0. The first-order valence-corrected chi connectivity index (χ1v) is 14.8. The zero-order valence-electron chi connectivity index (χ0n) is 20.2. The molecule has 0 aromatic rings. The molecule has 30 heavy (non-hydrogen) atoms. The number of aliphatic hydroxyl groups is 1. The van der Waals surface area contributed by atoms with Gasteiger partial charge in [-0.1, -0.05) is 45.9 Å². The van der Waals surface area contributed by atoms with Crippen LogP contribution in [-0.2, 0) is 13.9 Å². The van der Waals surface area contributed by atoms with Crippen molar-refractivity contribution < 1.29 is 19.0 Å². The third-order valence-corrected chi connectivity index (χ3v) is 12.6. The number of allylic oxidation sites excluding steroid dienone is 3. The Labute approximate surface area is 185 Å². The van der Waals surface area contributed by atoms with Crippen LogP contribution in [0.3, 0.4) is 0 Å². The van der Waals surface area contributed by atoms with Crippen LogP contribution < -0.4 is 0 Å². The van der Waals surface area contributed by atoms with E-state index in [1.54, 1.807) is 7.11 Å². The van der Waals surface area contributed by atoms with Gasteiger partial charge in [-0.15, -0.1) is 0 Å². The quantitative estimate of drug-likeness (QED) is 0.532. The molecule has 3 aliphatic rings. The number of aliphatic hydroxyl groups excluding tert-OH is 1. The van der Waals surface area contributed by atoms with Crippen LogP contribution in [0.15, 0.2) is 23.8 Å². The van der Waals surface area contributed by atoms with Gasteiger partial charge in [-0.25, -0.2) is 0 Å². The summed E-state index contributed by atoms with van der Waals surface area (Å²) < 4.78 is 18.6. The summed E-state index contributed by atoms with van der Waals surface area (Å²) in [5.74, 6) is 1.24. The second kappa shape index (κ2) is 9.58. The average molecular weight is 437 g/mol. The van der Waals surface area contributed by atoms with Gasteiger partial charge in [-0.3, -0.25) is 0 Å². The van der Waals surface area contributed by atoms with Crippen LogP contribution in [0.2, 0.25) is 18.1 Å². The lowest BCUT2D eigenvalue weighted by molar-refractivity contribution is -0.203. The lowest BCUT2D eigenvalue weighted by atomic mass is 9.66. The summed E-state index contributed by atoms with van der Waals surface area (Å²) in [7, 11) is -0.0876. The average Bonchev–Trinajstić information content (AvgIpc) is 2.66. The Balaban J connectivity index is 1.64. The molecule has 0 bridgehead atoms. The molecule has 4 nitrogen and oxygen atoms in total. The first kappa shape index (κ1) is 24.2. The molecule has 0 radical (unpaired) electrons. The van der Waals surface area contributed by atoms with Crippen LogP contribution in [0.4, 0.5) is 0 Å². The maximum absolute atomic E-state index is 10.7. The van der Waals surface area contributed by atoms with Gasteiger partial charge in [0.25, 0.3) is 0 Å². The molecule has 172 valence electrons. The first-order chi connectivity index (χ1) is 14.0. The molecule has 0 aromatic heterocycles. The number of ether oxygens (including phenoxy) is 2. The number of hydrogen-bond donors (Lipinski definition) is 1. The third-order valence-electron chi connectivity index (χ3n) is 8.05. The van der Waals surface area contributed by atoms with Gasteiger partial charge in [-0.2, -0.15) is 0 Å². The minimum atomic E-state index is -1.82. The van der Waals surface area contributed by atoms with Gasteiger partial charge in [0, 0.05) is 19.4 Å². The van der Waals surface area contributed by atoms with E-state index >= 15 is 0 Å². The van der Waals surface area contributed by atoms with E-state index in [2.05, 4.69) is 59.0 Å². The summed E-state index contributed by atoms with van der Waals surface area (Å²) in [6, 6.07) is 0. The Kier molecular flexibility index (Phi) is 7.72. The van der Waals surface area contributed by atoms with E-state index in [0.717, 1.165) is 38.5 Å². The predicted molar refractivity (Wildman–Crippen MR) is 125 cm³/mol. The molecule has 0 saturated carbocycles. The summed E-state index contributed by atoms with van der Waals surface area (Å²) in [5, 5.41) is 10.9. The van der Waals surface area contributed by atoms with Gasteiger partial charge in [0.1, 0.15) is 0 Å². The second-order valence-electron chi connectivity index (χ2n) is 11.2. The zero-order valence-corrected chi connectivity index (χ0v) is 21.2. The van der Waals surface area contributed by atoms with E-state index in [4.69, 9.17) is 13.9 Å². The molecule has 0 spiro atoms.